The average molecular weight is 383 g/mol. The number of fused-ring (bicyclic) bond motifs is 2. The first-order valence-corrected chi connectivity index (χ1v) is 9.45. The summed E-state index contributed by atoms with van der Waals surface area (Å²) in [7, 11) is 0. The normalized spacial score (nSPS) is 16.1. The van der Waals surface area contributed by atoms with Gasteiger partial charge in [-0.1, -0.05) is 23.7 Å². The second-order valence-corrected chi connectivity index (χ2v) is 7.42. The maximum absolute atomic E-state index is 13.1. The van der Waals surface area contributed by atoms with Crippen LogP contribution in [-0.2, 0) is 30.9 Å². The van der Waals surface area contributed by atoms with Gasteiger partial charge in [-0.15, -0.1) is 0 Å². The molecule has 1 N–H and O–H groups in total. The highest BCUT2D eigenvalue weighted by atomic mass is 35.5. The Morgan fingerprint density at radius 2 is 2.07 bits per heavy atom. The van der Waals surface area contributed by atoms with Crippen molar-refractivity contribution in [2.45, 2.75) is 26.1 Å². The third kappa shape index (κ3) is 2.95. The zero-order chi connectivity index (χ0) is 18.4. The van der Waals surface area contributed by atoms with Crippen LogP contribution < -0.4 is 0 Å². The SMILES string of the molecule is O=C(c1cc2n(c1)CCOC2)N1CCc2[nH]nc(-c3ccc(Cl)cc3)c2C1. The summed E-state index contributed by atoms with van der Waals surface area (Å²) < 4.78 is 7.59. The van der Waals surface area contributed by atoms with Gasteiger partial charge in [0.25, 0.3) is 5.91 Å². The standard InChI is InChI=1S/C20H19ClN4O2/c21-15-3-1-13(2-4-15)19-17-11-25(6-5-18(17)22-23-19)20(26)14-9-16-12-27-8-7-24(16)10-14/h1-4,9-10H,5-8,11-12H2,(H,22,23). The van der Waals surface area contributed by atoms with E-state index in [2.05, 4.69) is 14.8 Å². The minimum Gasteiger partial charge on any atom is -0.373 e. The molecule has 0 spiro atoms. The third-order valence-corrected chi connectivity index (χ3v) is 5.55. The molecule has 2 aliphatic heterocycles. The molecule has 0 saturated carbocycles. The van der Waals surface area contributed by atoms with Gasteiger partial charge in [-0.05, 0) is 18.2 Å². The average Bonchev–Trinajstić information content (AvgIpc) is 3.31. The number of aromatic amines is 1. The zero-order valence-corrected chi connectivity index (χ0v) is 15.5. The van der Waals surface area contributed by atoms with Gasteiger partial charge < -0.3 is 14.2 Å². The van der Waals surface area contributed by atoms with Gasteiger partial charge in [0.1, 0.15) is 0 Å². The van der Waals surface area contributed by atoms with E-state index in [1.165, 1.54) is 0 Å². The molecule has 6 nitrogen and oxygen atoms in total. The van der Waals surface area contributed by atoms with E-state index in [4.69, 9.17) is 16.3 Å². The predicted molar refractivity (Wildman–Crippen MR) is 102 cm³/mol. The summed E-state index contributed by atoms with van der Waals surface area (Å²) in [6, 6.07) is 9.59. The molecule has 27 heavy (non-hydrogen) atoms. The molecule has 0 radical (unpaired) electrons. The van der Waals surface area contributed by atoms with Crippen LogP contribution in [0.1, 0.15) is 27.3 Å². The molecule has 7 heteroatoms. The number of aromatic nitrogens is 3. The van der Waals surface area contributed by atoms with Crippen LogP contribution in [0.25, 0.3) is 11.3 Å². The second-order valence-electron chi connectivity index (χ2n) is 6.98. The number of carbonyl (C=O) groups is 1. The molecule has 1 aromatic carbocycles. The fraction of sp³-hybridized carbons (Fsp3) is 0.300. The molecular formula is C20H19ClN4O2. The van der Waals surface area contributed by atoms with Crippen molar-refractivity contribution in [1.82, 2.24) is 19.7 Å². The van der Waals surface area contributed by atoms with Gasteiger partial charge in [-0.25, -0.2) is 0 Å². The molecule has 2 aromatic heterocycles. The maximum Gasteiger partial charge on any atom is 0.255 e. The number of H-pyrrole nitrogens is 1. The molecule has 0 atom stereocenters. The van der Waals surface area contributed by atoms with Crippen LogP contribution in [0.3, 0.4) is 0 Å². The predicted octanol–water partition coefficient (Wildman–Crippen LogP) is 3.26. The molecule has 3 aromatic rings. The number of amides is 1. The Labute approximate surface area is 161 Å². The van der Waals surface area contributed by atoms with Gasteiger partial charge in [0.2, 0.25) is 0 Å². The number of carbonyl (C=O) groups excluding carboxylic acids is 1. The first kappa shape index (κ1) is 16.6. The number of halogens is 1. The quantitative estimate of drug-likeness (QED) is 0.740. The number of benzene rings is 1. The monoisotopic (exact) mass is 382 g/mol. The van der Waals surface area contributed by atoms with E-state index < -0.39 is 0 Å². The molecule has 0 unspecified atom stereocenters. The van der Waals surface area contributed by atoms with Crippen molar-refractivity contribution >= 4 is 17.5 Å². The van der Waals surface area contributed by atoms with E-state index in [0.717, 1.165) is 46.7 Å². The Bertz CT molecular complexity index is 982. The molecule has 1 amide bonds. The minimum absolute atomic E-state index is 0.0609. The van der Waals surface area contributed by atoms with Crippen molar-refractivity contribution in [2.24, 2.45) is 0 Å². The van der Waals surface area contributed by atoms with Crippen molar-refractivity contribution in [3.63, 3.8) is 0 Å². The van der Waals surface area contributed by atoms with E-state index in [1.807, 2.05) is 41.4 Å². The lowest BCUT2D eigenvalue weighted by atomic mass is 10.0. The van der Waals surface area contributed by atoms with Gasteiger partial charge >= 0.3 is 0 Å². The Morgan fingerprint density at radius 3 is 2.89 bits per heavy atom. The smallest absolute Gasteiger partial charge is 0.255 e. The van der Waals surface area contributed by atoms with Crippen molar-refractivity contribution in [3.8, 4) is 11.3 Å². The largest absolute Gasteiger partial charge is 0.373 e. The molecule has 0 saturated heterocycles. The van der Waals surface area contributed by atoms with Crippen LogP contribution in [0, 0.1) is 0 Å². The third-order valence-electron chi connectivity index (χ3n) is 5.30. The van der Waals surface area contributed by atoms with Crippen LogP contribution in [-0.4, -0.2) is 38.7 Å². The summed E-state index contributed by atoms with van der Waals surface area (Å²) in [5.74, 6) is 0.0609. The molecule has 4 heterocycles. The van der Waals surface area contributed by atoms with Crippen LogP contribution in [0.15, 0.2) is 36.5 Å². The summed E-state index contributed by atoms with van der Waals surface area (Å²) in [5, 5.41) is 8.32. The number of hydrogen-bond acceptors (Lipinski definition) is 3. The molecule has 138 valence electrons. The van der Waals surface area contributed by atoms with Crippen molar-refractivity contribution in [2.75, 3.05) is 13.2 Å². The fourth-order valence-corrected chi connectivity index (χ4v) is 3.96. The molecule has 0 aliphatic carbocycles. The van der Waals surface area contributed by atoms with E-state index in [9.17, 15) is 4.79 Å². The summed E-state index contributed by atoms with van der Waals surface area (Å²) in [5.41, 5.74) is 5.88. The molecule has 0 fully saturated rings. The van der Waals surface area contributed by atoms with E-state index in [1.54, 1.807) is 0 Å². The Balaban J connectivity index is 1.42. The van der Waals surface area contributed by atoms with Gasteiger partial charge in [-0.3, -0.25) is 9.89 Å². The second kappa shape index (κ2) is 6.55. The maximum atomic E-state index is 13.1. The number of nitrogens with one attached hydrogen (secondary N) is 1. The molecule has 0 bridgehead atoms. The first-order valence-electron chi connectivity index (χ1n) is 9.07. The van der Waals surface area contributed by atoms with Crippen LogP contribution in [0.2, 0.25) is 5.02 Å². The molecule has 5 rings (SSSR count). The lowest BCUT2D eigenvalue weighted by molar-refractivity contribution is 0.0734. The van der Waals surface area contributed by atoms with Gasteiger partial charge in [0.05, 0.1) is 24.5 Å². The Kier molecular flexibility index (Phi) is 4.02. The highest BCUT2D eigenvalue weighted by molar-refractivity contribution is 6.30. The molecule has 2 aliphatic rings. The summed E-state index contributed by atoms with van der Waals surface area (Å²) >= 11 is 6.00. The number of ether oxygens (including phenoxy) is 1. The van der Waals surface area contributed by atoms with Gasteiger partial charge in [-0.2, -0.15) is 5.10 Å². The summed E-state index contributed by atoms with van der Waals surface area (Å²) in [4.78, 5) is 15.0. The minimum atomic E-state index is 0.0609. The number of hydrogen-bond donors (Lipinski definition) is 1. The lowest BCUT2D eigenvalue weighted by Gasteiger charge is -2.27. The van der Waals surface area contributed by atoms with Crippen molar-refractivity contribution < 1.29 is 9.53 Å². The first-order chi connectivity index (χ1) is 13.2. The summed E-state index contributed by atoms with van der Waals surface area (Å²) in [6.07, 6.45) is 2.73. The molecular weight excluding hydrogens is 364 g/mol. The van der Waals surface area contributed by atoms with Gasteiger partial charge in [0.15, 0.2) is 0 Å². The number of nitrogens with zero attached hydrogens (tertiary/aromatic N) is 3. The number of rotatable bonds is 2. The highest BCUT2D eigenvalue weighted by Crippen LogP contribution is 2.30. The van der Waals surface area contributed by atoms with Crippen molar-refractivity contribution in [1.29, 1.82) is 0 Å². The topological polar surface area (TPSA) is 63.1 Å². The summed E-state index contributed by atoms with van der Waals surface area (Å²) in [6.45, 7) is 3.31. The van der Waals surface area contributed by atoms with Crippen LogP contribution >= 0.6 is 11.6 Å². The lowest BCUT2D eigenvalue weighted by Crippen LogP contribution is -2.35. The van der Waals surface area contributed by atoms with Crippen LogP contribution in [0.5, 0.6) is 0 Å². The van der Waals surface area contributed by atoms with Crippen LogP contribution in [0.4, 0.5) is 0 Å². The van der Waals surface area contributed by atoms with Crippen molar-refractivity contribution in [3.05, 3.63) is 64.1 Å². The van der Waals surface area contributed by atoms with E-state index in [-0.39, 0.29) is 5.91 Å². The Hall–Kier alpha value is -2.57. The van der Waals surface area contributed by atoms with E-state index in [0.29, 0.717) is 31.3 Å². The highest BCUT2D eigenvalue weighted by Gasteiger charge is 2.27. The Morgan fingerprint density at radius 1 is 1.22 bits per heavy atom. The van der Waals surface area contributed by atoms with Gasteiger partial charge in [0, 0.05) is 59.8 Å². The van der Waals surface area contributed by atoms with E-state index >= 15 is 0 Å². The fourth-order valence-electron chi connectivity index (χ4n) is 3.84. The zero-order valence-electron chi connectivity index (χ0n) is 14.7.